The lowest BCUT2D eigenvalue weighted by atomic mass is 9.58. The van der Waals surface area contributed by atoms with Gasteiger partial charge in [-0.3, -0.25) is 19.2 Å². The molecular formula is C38H58O10. The van der Waals surface area contributed by atoms with Gasteiger partial charge in [-0.25, -0.2) is 0 Å². The number of Topliss-reactive ketones (excluding diaryl/α,β-unsaturated/α-hetero) is 2. The normalized spacial score (nSPS) is 36.7. The molecule has 0 unspecified atom stereocenters. The van der Waals surface area contributed by atoms with Crippen LogP contribution in [0.3, 0.4) is 0 Å². The largest absolute Gasteiger partial charge is 0.458 e. The Kier molecular flexibility index (Phi) is 12.2. The summed E-state index contributed by atoms with van der Waals surface area (Å²) >= 11 is 0. The van der Waals surface area contributed by atoms with Crippen LogP contribution < -0.4 is 0 Å². The van der Waals surface area contributed by atoms with Crippen molar-refractivity contribution in [1.29, 1.82) is 0 Å². The van der Waals surface area contributed by atoms with Crippen molar-refractivity contribution in [2.75, 3.05) is 13.2 Å². The number of hydrogen-bond donors (Lipinski definition) is 4. The third-order valence-corrected chi connectivity index (χ3v) is 12.1. The highest BCUT2D eigenvalue weighted by Gasteiger charge is 2.90. The van der Waals surface area contributed by atoms with Crippen molar-refractivity contribution in [3.63, 3.8) is 0 Å². The molecule has 0 radical (unpaired) electrons. The topological polar surface area (TPSA) is 168 Å². The second-order valence-corrected chi connectivity index (χ2v) is 15.2. The van der Waals surface area contributed by atoms with Crippen LogP contribution in [0.15, 0.2) is 23.3 Å². The Morgan fingerprint density at radius 2 is 1.44 bits per heavy atom. The number of esters is 2. The van der Waals surface area contributed by atoms with E-state index in [0.717, 1.165) is 25.3 Å². The summed E-state index contributed by atoms with van der Waals surface area (Å²) in [5.74, 6) is -7.60. The fraction of sp³-hybridized carbons (Fsp3) is 0.789. The third kappa shape index (κ3) is 6.47. The van der Waals surface area contributed by atoms with Crippen molar-refractivity contribution in [2.45, 2.75) is 147 Å². The standard InChI is InChI=1S/C38H58O10/c1-6-7-8-9-10-11-12-13-14-15-16-17-18-19-29(42)47-34-25(3)37(46)28-20-24(2)33(44)36(28,45)21-27(22-39)31(43)30(37)32-35(5,23-40)38(32,34)48-26(4)41/h20-21,25,28,30,32,34,39-40,45-46H,6-19,22-23H2,1-5H3/t25-,28-,30+,32-,34-,35+,36-,37+,38-/m1/s1. The molecule has 2 saturated carbocycles. The van der Waals surface area contributed by atoms with Gasteiger partial charge in [-0.15, -0.1) is 0 Å². The van der Waals surface area contributed by atoms with E-state index in [0.29, 0.717) is 6.42 Å². The summed E-state index contributed by atoms with van der Waals surface area (Å²) in [6, 6.07) is 0. The van der Waals surface area contributed by atoms with Crippen LogP contribution >= 0.6 is 0 Å². The average Bonchev–Trinajstić information content (AvgIpc) is 3.50. The highest BCUT2D eigenvalue weighted by Crippen LogP contribution is 2.77. The first-order valence-electron chi connectivity index (χ1n) is 18.3. The Bertz CT molecular complexity index is 1290. The highest BCUT2D eigenvalue weighted by molar-refractivity contribution is 6.09. The van der Waals surface area contributed by atoms with Gasteiger partial charge in [0.2, 0.25) is 0 Å². The number of hydrogen-bond acceptors (Lipinski definition) is 10. The van der Waals surface area contributed by atoms with E-state index in [9.17, 15) is 39.6 Å². The molecule has 10 nitrogen and oxygen atoms in total. The molecule has 4 rings (SSSR count). The van der Waals surface area contributed by atoms with Gasteiger partial charge in [0.05, 0.1) is 24.7 Å². The zero-order valence-electron chi connectivity index (χ0n) is 29.6. The molecule has 0 amide bonds. The minimum absolute atomic E-state index is 0.0967. The Morgan fingerprint density at radius 1 is 0.896 bits per heavy atom. The summed E-state index contributed by atoms with van der Waals surface area (Å²) < 4.78 is 12.0. The third-order valence-electron chi connectivity index (χ3n) is 12.1. The number of aliphatic hydroxyl groups is 4. The van der Waals surface area contributed by atoms with Crippen molar-refractivity contribution < 1.29 is 49.1 Å². The molecule has 4 aliphatic rings. The fourth-order valence-corrected chi connectivity index (χ4v) is 9.42. The van der Waals surface area contributed by atoms with Gasteiger partial charge >= 0.3 is 11.9 Å². The minimum Gasteiger partial charge on any atom is -0.458 e. The van der Waals surface area contributed by atoms with E-state index < -0.39 is 88.7 Å². The second kappa shape index (κ2) is 15.2. The van der Waals surface area contributed by atoms with Gasteiger partial charge in [-0.05, 0) is 25.0 Å². The smallest absolute Gasteiger partial charge is 0.306 e. The number of ketones is 2. The van der Waals surface area contributed by atoms with E-state index in [4.69, 9.17) is 9.47 Å². The average molecular weight is 675 g/mol. The molecular weight excluding hydrogens is 616 g/mol. The molecule has 2 fully saturated rings. The fourth-order valence-electron chi connectivity index (χ4n) is 9.42. The molecule has 0 aromatic heterocycles. The molecule has 0 aromatic carbocycles. The molecule has 270 valence electrons. The molecule has 0 bridgehead atoms. The van der Waals surface area contributed by atoms with Crippen LogP contribution in [0.4, 0.5) is 0 Å². The Morgan fingerprint density at radius 3 is 1.94 bits per heavy atom. The molecule has 0 aromatic rings. The zero-order chi connectivity index (χ0) is 35.5. The summed E-state index contributed by atoms with van der Waals surface area (Å²) in [7, 11) is 0. The molecule has 4 N–H and O–H groups in total. The molecule has 48 heavy (non-hydrogen) atoms. The van der Waals surface area contributed by atoms with E-state index in [1.807, 2.05) is 0 Å². The number of ether oxygens (including phenoxy) is 2. The van der Waals surface area contributed by atoms with Crippen LogP contribution in [0.1, 0.15) is 125 Å². The van der Waals surface area contributed by atoms with Crippen molar-refractivity contribution >= 4 is 23.5 Å². The van der Waals surface area contributed by atoms with Crippen LogP contribution in [-0.2, 0) is 28.7 Å². The summed E-state index contributed by atoms with van der Waals surface area (Å²) in [5.41, 5.74) is -7.55. The van der Waals surface area contributed by atoms with Crippen LogP contribution in [0.5, 0.6) is 0 Å². The molecule has 9 atom stereocenters. The van der Waals surface area contributed by atoms with Gasteiger partial charge in [0, 0.05) is 42.1 Å². The van der Waals surface area contributed by atoms with Crippen molar-refractivity contribution in [3.8, 4) is 0 Å². The first-order valence-corrected chi connectivity index (χ1v) is 18.3. The molecule has 0 saturated heterocycles. The van der Waals surface area contributed by atoms with E-state index in [1.165, 1.54) is 77.7 Å². The summed E-state index contributed by atoms with van der Waals surface area (Å²) in [6.07, 6.45) is 16.3. The van der Waals surface area contributed by atoms with Gasteiger partial charge in [-0.1, -0.05) is 104 Å². The molecule has 0 spiro atoms. The molecule has 10 heteroatoms. The van der Waals surface area contributed by atoms with Crippen LogP contribution in [0.25, 0.3) is 0 Å². The molecule has 0 heterocycles. The number of carbonyl (C=O) groups is 4. The lowest BCUT2D eigenvalue weighted by molar-refractivity contribution is -0.229. The number of fused-ring (bicyclic) bond motifs is 5. The predicted molar refractivity (Wildman–Crippen MR) is 178 cm³/mol. The van der Waals surface area contributed by atoms with Gasteiger partial charge in [0.25, 0.3) is 0 Å². The Hall–Kier alpha value is -2.40. The number of carbonyl (C=O) groups excluding carboxylic acids is 4. The lowest BCUT2D eigenvalue weighted by Crippen LogP contribution is -2.67. The maximum Gasteiger partial charge on any atom is 0.306 e. The summed E-state index contributed by atoms with van der Waals surface area (Å²) in [4.78, 5) is 53.4. The van der Waals surface area contributed by atoms with Gasteiger partial charge in [0.15, 0.2) is 22.8 Å². The van der Waals surface area contributed by atoms with Crippen molar-refractivity contribution in [3.05, 3.63) is 23.3 Å². The quantitative estimate of drug-likeness (QED) is 0.118. The van der Waals surface area contributed by atoms with E-state index in [2.05, 4.69) is 6.92 Å². The Balaban J connectivity index is 1.49. The number of rotatable bonds is 18. The van der Waals surface area contributed by atoms with Gasteiger partial charge < -0.3 is 29.9 Å². The zero-order valence-corrected chi connectivity index (χ0v) is 29.6. The van der Waals surface area contributed by atoms with Crippen LogP contribution in [0.2, 0.25) is 0 Å². The maximum absolute atomic E-state index is 14.1. The number of aliphatic hydroxyl groups excluding tert-OH is 2. The first kappa shape index (κ1) is 38.4. The lowest BCUT2D eigenvalue weighted by Gasteiger charge is -2.52. The first-order chi connectivity index (χ1) is 22.7. The van der Waals surface area contributed by atoms with Crippen molar-refractivity contribution in [2.24, 2.45) is 29.1 Å². The van der Waals surface area contributed by atoms with Crippen LogP contribution in [0, 0.1) is 29.1 Å². The maximum atomic E-state index is 14.1. The van der Waals surface area contributed by atoms with Gasteiger partial charge in [0.1, 0.15) is 6.10 Å². The van der Waals surface area contributed by atoms with E-state index in [1.54, 1.807) is 13.8 Å². The summed E-state index contributed by atoms with van der Waals surface area (Å²) in [6.45, 7) is 6.71. The van der Waals surface area contributed by atoms with Gasteiger partial charge in [-0.2, -0.15) is 0 Å². The minimum atomic E-state index is -2.33. The van der Waals surface area contributed by atoms with Crippen molar-refractivity contribution in [1.82, 2.24) is 0 Å². The highest BCUT2D eigenvalue weighted by atomic mass is 16.6. The summed E-state index contributed by atoms with van der Waals surface area (Å²) in [5, 5.41) is 45.4. The SMILES string of the molecule is CCCCCCCCCCCCCCCC(=O)O[C@@H]1[C@@H](C)[C@@]2(O)[C@@H](C(=O)C(CO)=C[C@]3(O)C(=O)C(C)=C[C@@H]23)[C@H]2[C@]1(OC(C)=O)[C@@]2(C)CO. The van der Waals surface area contributed by atoms with E-state index in [-0.39, 0.29) is 17.6 Å². The number of unbranched alkanes of at least 4 members (excludes halogenated alkanes) is 12. The second-order valence-electron chi connectivity index (χ2n) is 15.2. The van der Waals surface area contributed by atoms with Crippen LogP contribution in [-0.4, -0.2) is 80.1 Å². The molecule has 0 aliphatic heterocycles. The van der Waals surface area contributed by atoms with E-state index >= 15 is 0 Å². The predicted octanol–water partition coefficient (Wildman–Crippen LogP) is 4.68. The Labute approximate surface area is 285 Å². The molecule has 4 aliphatic carbocycles. The monoisotopic (exact) mass is 674 g/mol.